The quantitative estimate of drug-likeness (QED) is 0.337. The molecule has 0 aliphatic carbocycles. The topological polar surface area (TPSA) is 32.8 Å². The van der Waals surface area contributed by atoms with Crippen molar-refractivity contribution in [2.24, 2.45) is 0 Å². The molecule has 2 unspecified atom stereocenters. The molecule has 3 heteroatoms. The molecule has 1 N–H and O–H groups in total. The molecule has 0 bridgehead atoms. The molecule has 86 valence electrons. The van der Waals surface area contributed by atoms with Crippen molar-refractivity contribution < 1.29 is 9.84 Å². The van der Waals surface area contributed by atoms with Gasteiger partial charge in [-0.05, 0) is 12.8 Å². The third-order valence-corrected chi connectivity index (χ3v) is 3.21. The highest BCUT2D eigenvalue weighted by Crippen LogP contribution is 2.26. The number of aliphatic hydroxyl groups excluding tert-OH is 1. The molecule has 1 saturated heterocycles. The first-order chi connectivity index (χ1) is 7.03. The zero-order valence-electron chi connectivity index (χ0n) is 10.0. The lowest BCUT2D eigenvalue weighted by atomic mass is 10.1. The molecule has 15 heavy (non-hydrogen) atoms. The van der Waals surface area contributed by atoms with Gasteiger partial charge in [0.1, 0.15) is 14.2 Å². The number of hydrogen-bond acceptors (Lipinski definition) is 2. The number of rotatable bonds is 5. The summed E-state index contributed by atoms with van der Waals surface area (Å²) < 4.78 is 5.48. The van der Waals surface area contributed by atoms with Crippen LogP contribution in [0.2, 0.25) is 19.6 Å². The van der Waals surface area contributed by atoms with E-state index in [0.717, 1.165) is 25.7 Å². The maximum absolute atomic E-state index is 8.62. The first kappa shape index (κ1) is 12.8. The van der Waals surface area contributed by atoms with Gasteiger partial charge < -0.3 is 9.84 Å². The first-order valence-corrected chi connectivity index (χ1v) is 9.32. The fourth-order valence-electron chi connectivity index (χ4n) is 1.41. The van der Waals surface area contributed by atoms with Crippen LogP contribution in [0, 0.1) is 11.5 Å². The van der Waals surface area contributed by atoms with Gasteiger partial charge in [-0.25, -0.2) is 0 Å². The van der Waals surface area contributed by atoms with E-state index in [1.807, 2.05) is 0 Å². The van der Waals surface area contributed by atoms with Crippen LogP contribution in [0.25, 0.3) is 0 Å². The summed E-state index contributed by atoms with van der Waals surface area (Å²) >= 11 is 0. The first-order valence-electron chi connectivity index (χ1n) is 5.82. The Morgan fingerprint density at radius 3 is 2.53 bits per heavy atom. The largest absolute Gasteiger partial charge is 0.396 e. The lowest BCUT2D eigenvalue weighted by Gasteiger charge is -2.02. The minimum absolute atomic E-state index is 0.214. The lowest BCUT2D eigenvalue weighted by Crippen LogP contribution is -2.16. The summed E-state index contributed by atoms with van der Waals surface area (Å²) in [7, 11) is -1.23. The van der Waals surface area contributed by atoms with Gasteiger partial charge in [0.15, 0.2) is 0 Å². The van der Waals surface area contributed by atoms with Gasteiger partial charge in [-0.1, -0.05) is 38.4 Å². The Kier molecular flexibility index (Phi) is 4.84. The van der Waals surface area contributed by atoms with E-state index in [1.165, 1.54) is 0 Å². The maximum Gasteiger partial charge on any atom is 0.144 e. The predicted molar refractivity (Wildman–Crippen MR) is 65.3 cm³/mol. The normalized spacial score (nSPS) is 24.5. The molecular weight excluding hydrogens is 204 g/mol. The number of aliphatic hydroxyl groups is 1. The highest BCUT2D eigenvalue weighted by molar-refractivity contribution is 6.83. The molecule has 0 amide bonds. The van der Waals surface area contributed by atoms with Crippen LogP contribution in [0.3, 0.4) is 0 Å². The minimum Gasteiger partial charge on any atom is -0.396 e. The fourth-order valence-corrected chi connectivity index (χ4v) is 1.99. The number of unbranched alkanes of at least 4 members (excludes halogenated alkanes) is 2. The second-order valence-electron chi connectivity index (χ2n) is 5.19. The van der Waals surface area contributed by atoms with Crippen LogP contribution >= 0.6 is 0 Å². The standard InChI is InChI=1S/C12H22O2Si/c1-15(2,3)10-8-12-11(14-12)7-5-4-6-9-13/h11-13H,4-7,9H2,1-3H3. The van der Waals surface area contributed by atoms with Crippen molar-refractivity contribution in [3.63, 3.8) is 0 Å². The predicted octanol–water partition coefficient (Wildman–Crippen LogP) is 2.19. The van der Waals surface area contributed by atoms with E-state index in [4.69, 9.17) is 9.84 Å². The van der Waals surface area contributed by atoms with Crippen LogP contribution in [-0.4, -0.2) is 32.0 Å². The molecule has 1 aliphatic heterocycles. The van der Waals surface area contributed by atoms with E-state index in [-0.39, 0.29) is 6.10 Å². The Bertz CT molecular complexity index is 247. The Balaban J connectivity index is 2.09. The molecule has 0 aromatic rings. The van der Waals surface area contributed by atoms with Gasteiger partial charge in [-0.2, -0.15) is 0 Å². The van der Waals surface area contributed by atoms with Crippen molar-refractivity contribution in [3.05, 3.63) is 0 Å². The molecule has 1 aliphatic rings. The van der Waals surface area contributed by atoms with Crippen molar-refractivity contribution in [2.45, 2.75) is 57.5 Å². The molecule has 0 saturated carbocycles. The van der Waals surface area contributed by atoms with Gasteiger partial charge in [0.05, 0.1) is 6.10 Å². The molecular formula is C12H22O2Si. The molecule has 2 nitrogen and oxygen atoms in total. The van der Waals surface area contributed by atoms with Crippen LogP contribution in [0.1, 0.15) is 25.7 Å². The van der Waals surface area contributed by atoms with E-state index in [2.05, 4.69) is 31.1 Å². The Morgan fingerprint density at radius 2 is 1.93 bits per heavy atom. The lowest BCUT2D eigenvalue weighted by molar-refractivity contribution is 0.280. The zero-order chi connectivity index (χ0) is 11.3. The van der Waals surface area contributed by atoms with E-state index >= 15 is 0 Å². The van der Waals surface area contributed by atoms with Gasteiger partial charge in [-0.3, -0.25) is 0 Å². The maximum atomic E-state index is 8.62. The van der Waals surface area contributed by atoms with Crippen LogP contribution in [0.4, 0.5) is 0 Å². The van der Waals surface area contributed by atoms with Crippen LogP contribution in [0.15, 0.2) is 0 Å². The highest BCUT2D eigenvalue weighted by Gasteiger charge is 2.36. The second-order valence-corrected chi connectivity index (χ2v) is 9.94. The van der Waals surface area contributed by atoms with E-state index in [0.29, 0.717) is 12.7 Å². The average Bonchev–Trinajstić information content (AvgIpc) is 2.87. The SMILES string of the molecule is C[Si](C)(C)C#CC1OC1CCCCCO. The van der Waals surface area contributed by atoms with Crippen molar-refractivity contribution in [3.8, 4) is 11.5 Å². The van der Waals surface area contributed by atoms with Crippen LogP contribution in [-0.2, 0) is 4.74 Å². The summed E-state index contributed by atoms with van der Waals surface area (Å²) in [5.74, 6) is 3.23. The molecule has 1 rings (SSSR count). The molecule has 0 aromatic heterocycles. The molecule has 2 atom stereocenters. The summed E-state index contributed by atoms with van der Waals surface area (Å²) in [6.45, 7) is 7.06. The minimum atomic E-state index is -1.23. The molecule has 0 spiro atoms. The average molecular weight is 226 g/mol. The van der Waals surface area contributed by atoms with Gasteiger partial charge in [0, 0.05) is 6.61 Å². The van der Waals surface area contributed by atoms with Gasteiger partial charge in [0.25, 0.3) is 0 Å². The Hall–Kier alpha value is -0.303. The number of ether oxygens (including phenoxy) is 1. The molecule has 1 heterocycles. The monoisotopic (exact) mass is 226 g/mol. The Labute approximate surface area is 94.0 Å². The Morgan fingerprint density at radius 1 is 1.20 bits per heavy atom. The van der Waals surface area contributed by atoms with Gasteiger partial charge in [-0.15, -0.1) is 5.54 Å². The van der Waals surface area contributed by atoms with Crippen molar-refractivity contribution in [1.29, 1.82) is 0 Å². The zero-order valence-corrected chi connectivity index (χ0v) is 11.0. The van der Waals surface area contributed by atoms with E-state index in [1.54, 1.807) is 0 Å². The third kappa shape index (κ3) is 5.98. The summed E-state index contributed by atoms with van der Waals surface area (Å²) in [5.41, 5.74) is 3.34. The summed E-state index contributed by atoms with van der Waals surface area (Å²) in [4.78, 5) is 0. The third-order valence-electron chi connectivity index (χ3n) is 2.32. The number of hydrogen-bond donors (Lipinski definition) is 1. The summed E-state index contributed by atoms with van der Waals surface area (Å²) in [6.07, 6.45) is 4.86. The van der Waals surface area contributed by atoms with Crippen molar-refractivity contribution in [1.82, 2.24) is 0 Å². The summed E-state index contributed by atoms with van der Waals surface area (Å²) in [5, 5.41) is 8.62. The second kappa shape index (κ2) is 5.69. The molecule has 1 fully saturated rings. The molecule has 0 aromatic carbocycles. The smallest absolute Gasteiger partial charge is 0.144 e. The van der Waals surface area contributed by atoms with Gasteiger partial charge in [0.2, 0.25) is 0 Å². The van der Waals surface area contributed by atoms with Crippen LogP contribution < -0.4 is 0 Å². The van der Waals surface area contributed by atoms with E-state index in [9.17, 15) is 0 Å². The number of epoxide rings is 1. The van der Waals surface area contributed by atoms with Crippen LogP contribution in [0.5, 0.6) is 0 Å². The van der Waals surface area contributed by atoms with E-state index < -0.39 is 8.07 Å². The fraction of sp³-hybridized carbons (Fsp3) is 0.833. The summed E-state index contributed by atoms with van der Waals surface area (Å²) in [6, 6.07) is 0. The molecule has 0 radical (unpaired) electrons. The van der Waals surface area contributed by atoms with Crippen molar-refractivity contribution in [2.75, 3.05) is 6.61 Å². The van der Waals surface area contributed by atoms with Gasteiger partial charge >= 0.3 is 0 Å². The highest BCUT2D eigenvalue weighted by atomic mass is 28.3. The van der Waals surface area contributed by atoms with Crippen molar-refractivity contribution >= 4 is 8.07 Å².